The first-order valence-corrected chi connectivity index (χ1v) is 7.70. The van der Waals surface area contributed by atoms with Crippen LogP contribution in [0, 0.1) is 5.92 Å². The summed E-state index contributed by atoms with van der Waals surface area (Å²) in [5.41, 5.74) is 0. The van der Waals surface area contributed by atoms with Crippen molar-refractivity contribution in [1.29, 1.82) is 0 Å². The summed E-state index contributed by atoms with van der Waals surface area (Å²) in [5, 5.41) is 3.67. The van der Waals surface area contributed by atoms with Crippen LogP contribution in [0.3, 0.4) is 0 Å². The molecule has 0 amide bonds. The first kappa shape index (κ1) is 15.9. The van der Waals surface area contributed by atoms with Gasteiger partial charge >= 0.3 is 0 Å². The molecular weight excluding hydrogens is 226 g/mol. The standard InChI is InChI=1S/C15H31NO2/c1-4-10-16-15-8-6-7-14(15)9-11-18-13(3)12-17-5-2/h13-16H,4-12H2,1-3H3. The van der Waals surface area contributed by atoms with Gasteiger partial charge in [-0.25, -0.2) is 0 Å². The van der Waals surface area contributed by atoms with Gasteiger partial charge in [-0.05, 0) is 52.0 Å². The van der Waals surface area contributed by atoms with Crippen LogP contribution in [0.1, 0.15) is 52.9 Å². The summed E-state index contributed by atoms with van der Waals surface area (Å²) in [7, 11) is 0. The van der Waals surface area contributed by atoms with Crippen LogP contribution >= 0.6 is 0 Å². The van der Waals surface area contributed by atoms with Crippen LogP contribution in [0.5, 0.6) is 0 Å². The van der Waals surface area contributed by atoms with Gasteiger partial charge in [-0.15, -0.1) is 0 Å². The average Bonchev–Trinajstić information content (AvgIpc) is 2.81. The summed E-state index contributed by atoms with van der Waals surface area (Å²) in [6.07, 6.45) is 6.74. The van der Waals surface area contributed by atoms with Crippen LogP contribution in [0.4, 0.5) is 0 Å². The molecule has 0 aliphatic heterocycles. The first-order valence-electron chi connectivity index (χ1n) is 7.70. The van der Waals surface area contributed by atoms with E-state index >= 15 is 0 Å². The van der Waals surface area contributed by atoms with E-state index in [1.807, 2.05) is 6.92 Å². The van der Waals surface area contributed by atoms with Crippen molar-refractivity contribution in [2.24, 2.45) is 5.92 Å². The Hall–Kier alpha value is -0.120. The minimum Gasteiger partial charge on any atom is -0.379 e. The number of hydrogen-bond acceptors (Lipinski definition) is 3. The van der Waals surface area contributed by atoms with Gasteiger partial charge in [-0.3, -0.25) is 0 Å². The molecule has 0 radical (unpaired) electrons. The van der Waals surface area contributed by atoms with Crippen molar-refractivity contribution in [2.75, 3.05) is 26.4 Å². The molecule has 3 nitrogen and oxygen atoms in total. The molecule has 0 saturated heterocycles. The molecule has 1 N–H and O–H groups in total. The molecule has 1 rings (SSSR count). The van der Waals surface area contributed by atoms with E-state index in [1.54, 1.807) is 0 Å². The molecule has 0 aromatic heterocycles. The third kappa shape index (κ3) is 6.17. The molecule has 1 aliphatic rings. The average molecular weight is 257 g/mol. The lowest BCUT2D eigenvalue weighted by atomic mass is 10.00. The summed E-state index contributed by atoms with van der Waals surface area (Å²) in [5.74, 6) is 0.816. The van der Waals surface area contributed by atoms with E-state index in [0.717, 1.165) is 38.3 Å². The second-order valence-electron chi connectivity index (χ2n) is 5.38. The van der Waals surface area contributed by atoms with Crippen molar-refractivity contribution in [2.45, 2.75) is 65.0 Å². The molecule has 0 aromatic rings. The van der Waals surface area contributed by atoms with E-state index in [0.29, 0.717) is 0 Å². The van der Waals surface area contributed by atoms with Crippen molar-refractivity contribution in [3.8, 4) is 0 Å². The van der Waals surface area contributed by atoms with Crippen LogP contribution in [0.25, 0.3) is 0 Å². The van der Waals surface area contributed by atoms with Gasteiger partial charge in [-0.2, -0.15) is 0 Å². The van der Waals surface area contributed by atoms with Crippen LogP contribution in [0.15, 0.2) is 0 Å². The van der Waals surface area contributed by atoms with Gasteiger partial charge in [0.05, 0.1) is 12.7 Å². The largest absolute Gasteiger partial charge is 0.379 e. The molecule has 0 aromatic carbocycles. The third-order valence-corrected chi connectivity index (χ3v) is 3.76. The van der Waals surface area contributed by atoms with Crippen LogP contribution in [-0.2, 0) is 9.47 Å². The van der Waals surface area contributed by atoms with Crippen molar-refractivity contribution >= 4 is 0 Å². The molecule has 0 spiro atoms. The molecule has 18 heavy (non-hydrogen) atoms. The second-order valence-corrected chi connectivity index (χ2v) is 5.38. The molecular formula is C15H31NO2. The Bertz CT molecular complexity index is 199. The third-order valence-electron chi connectivity index (χ3n) is 3.76. The number of nitrogens with one attached hydrogen (secondary N) is 1. The van der Waals surface area contributed by atoms with E-state index < -0.39 is 0 Å². The van der Waals surface area contributed by atoms with E-state index in [1.165, 1.54) is 32.1 Å². The molecule has 1 aliphatic carbocycles. The van der Waals surface area contributed by atoms with Gasteiger partial charge in [0, 0.05) is 19.3 Å². The minimum atomic E-state index is 0.230. The second kappa shape index (κ2) is 9.76. The normalized spacial score (nSPS) is 25.5. The van der Waals surface area contributed by atoms with Gasteiger partial charge in [0.1, 0.15) is 0 Å². The van der Waals surface area contributed by atoms with E-state index in [4.69, 9.17) is 9.47 Å². The maximum atomic E-state index is 5.81. The van der Waals surface area contributed by atoms with Crippen molar-refractivity contribution in [3.05, 3.63) is 0 Å². The van der Waals surface area contributed by atoms with E-state index in [2.05, 4.69) is 19.2 Å². The van der Waals surface area contributed by atoms with Gasteiger partial charge in [-0.1, -0.05) is 13.3 Å². The Labute approximate surface area is 113 Å². The smallest absolute Gasteiger partial charge is 0.0780 e. The Balaban J connectivity index is 2.09. The zero-order valence-electron chi connectivity index (χ0n) is 12.4. The molecule has 3 heteroatoms. The first-order chi connectivity index (χ1) is 8.77. The lowest BCUT2D eigenvalue weighted by Crippen LogP contribution is -2.33. The fraction of sp³-hybridized carbons (Fsp3) is 1.00. The highest BCUT2D eigenvalue weighted by molar-refractivity contribution is 4.82. The molecule has 1 fully saturated rings. The highest BCUT2D eigenvalue weighted by Crippen LogP contribution is 2.28. The quantitative estimate of drug-likeness (QED) is 0.652. The molecule has 1 saturated carbocycles. The summed E-state index contributed by atoms with van der Waals surface area (Å²) in [4.78, 5) is 0. The highest BCUT2D eigenvalue weighted by Gasteiger charge is 2.26. The fourth-order valence-electron chi connectivity index (χ4n) is 2.73. The Morgan fingerprint density at radius 1 is 1.28 bits per heavy atom. The predicted octanol–water partition coefficient (Wildman–Crippen LogP) is 2.99. The molecule has 3 unspecified atom stereocenters. The zero-order chi connectivity index (χ0) is 13.2. The van der Waals surface area contributed by atoms with E-state index in [9.17, 15) is 0 Å². The van der Waals surface area contributed by atoms with E-state index in [-0.39, 0.29) is 6.10 Å². The van der Waals surface area contributed by atoms with Gasteiger partial charge < -0.3 is 14.8 Å². The lowest BCUT2D eigenvalue weighted by Gasteiger charge is -2.21. The van der Waals surface area contributed by atoms with Gasteiger partial charge in [0.15, 0.2) is 0 Å². The molecule has 108 valence electrons. The van der Waals surface area contributed by atoms with Crippen LogP contribution in [0.2, 0.25) is 0 Å². The van der Waals surface area contributed by atoms with Gasteiger partial charge in [0.2, 0.25) is 0 Å². The van der Waals surface area contributed by atoms with Crippen LogP contribution in [-0.4, -0.2) is 38.5 Å². The molecule has 0 heterocycles. The molecule has 3 atom stereocenters. The van der Waals surface area contributed by atoms with Crippen LogP contribution < -0.4 is 5.32 Å². The summed E-state index contributed by atoms with van der Waals surface area (Å²) in [6, 6.07) is 0.732. The Kier molecular flexibility index (Phi) is 8.64. The number of hydrogen-bond donors (Lipinski definition) is 1. The summed E-state index contributed by atoms with van der Waals surface area (Å²) >= 11 is 0. The Morgan fingerprint density at radius 3 is 2.83 bits per heavy atom. The monoisotopic (exact) mass is 257 g/mol. The topological polar surface area (TPSA) is 30.5 Å². The zero-order valence-corrected chi connectivity index (χ0v) is 12.4. The highest BCUT2D eigenvalue weighted by atomic mass is 16.5. The maximum Gasteiger partial charge on any atom is 0.0780 e. The molecule has 0 bridgehead atoms. The fourth-order valence-corrected chi connectivity index (χ4v) is 2.73. The van der Waals surface area contributed by atoms with Gasteiger partial charge in [0.25, 0.3) is 0 Å². The minimum absolute atomic E-state index is 0.230. The summed E-state index contributed by atoms with van der Waals surface area (Å²) in [6.45, 7) is 9.88. The SMILES string of the molecule is CCCNC1CCCC1CCOC(C)COCC. The number of rotatable bonds is 10. The maximum absolute atomic E-state index is 5.81. The predicted molar refractivity (Wildman–Crippen MR) is 75.9 cm³/mol. The van der Waals surface area contributed by atoms with Crippen molar-refractivity contribution in [3.63, 3.8) is 0 Å². The summed E-state index contributed by atoms with van der Waals surface area (Å²) < 4.78 is 11.2. The van der Waals surface area contributed by atoms with Crippen molar-refractivity contribution < 1.29 is 9.47 Å². The lowest BCUT2D eigenvalue weighted by molar-refractivity contribution is -0.00834. The van der Waals surface area contributed by atoms with Crippen molar-refractivity contribution in [1.82, 2.24) is 5.32 Å². The number of ether oxygens (including phenoxy) is 2. The Morgan fingerprint density at radius 2 is 2.11 bits per heavy atom.